The molecule has 0 bridgehead atoms. The standard InChI is InChI=1S/C9H18N2O2S/c1-2-14(13)7-6-11-8(12)9(10)4-3-5-9/h2-7,10H2,1H3,(H,11,12). The summed E-state index contributed by atoms with van der Waals surface area (Å²) in [5.41, 5.74) is 5.18. The van der Waals surface area contributed by atoms with Gasteiger partial charge in [-0.2, -0.15) is 0 Å². The fraction of sp³-hybridized carbons (Fsp3) is 0.889. The molecule has 1 unspecified atom stereocenters. The van der Waals surface area contributed by atoms with Crippen molar-refractivity contribution in [2.75, 3.05) is 18.1 Å². The van der Waals surface area contributed by atoms with Gasteiger partial charge in [0.1, 0.15) is 0 Å². The molecule has 1 aliphatic carbocycles. The van der Waals surface area contributed by atoms with Crippen molar-refractivity contribution in [3.8, 4) is 0 Å². The Bertz CT molecular complexity index is 239. The normalized spacial score (nSPS) is 21.0. The minimum absolute atomic E-state index is 0.0862. The maximum atomic E-state index is 11.5. The van der Waals surface area contributed by atoms with Crippen molar-refractivity contribution in [2.24, 2.45) is 5.73 Å². The Morgan fingerprint density at radius 2 is 2.21 bits per heavy atom. The minimum Gasteiger partial charge on any atom is -0.354 e. The first-order valence-electron chi connectivity index (χ1n) is 5.00. The molecule has 0 saturated heterocycles. The van der Waals surface area contributed by atoms with Gasteiger partial charge in [0.2, 0.25) is 5.91 Å². The first-order chi connectivity index (χ1) is 6.58. The maximum Gasteiger partial charge on any atom is 0.240 e. The predicted octanol–water partition coefficient (Wildman–Crippen LogP) is -0.247. The Morgan fingerprint density at radius 1 is 1.57 bits per heavy atom. The van der Waals surface area contributed by atoms with Crippen LogP contribution in [0.4, 0.5) is 0 Å². The third kappa shape index (κ3) is 2.78. The molecule has 0 heterocycles. The van der Waals surface area contributed by atoms with Gasteiger partial charge in [-0.1, -0.05) is 6.92 Å². The Labute approximate surface area is 87.1 Å². The van der Waals surface area contributed by atoms with Crippen molar-refractivity contribution in [1.82, 2.24) is 5.32 Å². The van der Waals surface area contributed by atoms with E-state index in [1.165, 1.54) is 0 Å². The van der Waals surface area contributed by atoms with E-state index < -0.39 is 16.3 Å². The van der Waals surface area contributed by atoms with Crippen LogP contribution < -0.4 is 11.1 Å². The zero-order chi connectivity index (χ0) is 10.6. The molecule has 82 valence electrons. The highest BCUT2D eigenvalue weighted by Gasteiger charge is 2.39. The van der Waals surface area contributed by atoms with Crippen molar-refractivity contribution in [3.05, 3.63) is 0 Å². The van der Waals surface area contributed by atoms with Crippen LogP contribution in [0.1, 0.15) is 26.2 Å². The van der Waals surface area contributed by atoms with Gasteiger partial charge in [0.25, 0.3) is 0 Å². The highest BCUT2D eigenvalue weighted by atomic mass is 32.2. The quantitative estimate of drug-likeness (QED) is 0.668. The second kappa shape index (κ2) is 4.89. The third-order valence-corrected chi connectivity index (χ3v) is 3.94. The highest BCUT2D eigenvalue weighted by molar-refractivity contribution is 7.84. The van der Waals surface area contributed by atoms with E-state index in [0.29, 0.717) is 18.1 Å². The van der Waals surface area contributed by atoms with Crippen LogP contribution in [0.2, 0.25) is 0 Å². The lowest BCUT2D eigenvalue weighted by Gasteiger charge is -2.36. The molecule has 1 saturated carbocycles. The SMILES string of the molecule is CCS(=O)CCNC(=O)C1(N)CCC1. The van der Waals surface area contributed by atoms with Gasteiger partial charge in [-0.15, -0.1) is 0 Å². The Balaban J connectivity index is 2.18. The molecule has 0 aromatic rings. The van der Waals surface area contributed by atoms with E-state index in [2.05, 4.69) is 5.32 Å². The van der Waals surface area contributed by atoms with E-state index >= 15 is 0 Å². The lowest BCUT2D eigenvalue weighted by molar-refractivity contribution is -0.129. The summed E-state index contributed by atoms with van der Waals surface area (Å²) in [4.78, 5) is 11.5. The van der Waals surface area contributed by atoms with Crippen LogP contribution in [-0.4, -0.2) is 33.7 Å². The van der Waals surface area contributed by atoms with E-state index in [4.69, 9.17) is 5.73 Å². The molecule has 1 rings (SSSR count). The fourth-order valence-electron chi connectivity index (χ4n) is 1.38. The zero-order valence-corrected chi connectivity index (χ0v) is 9.36. The molecule has 3 N–H and O–H groups in total. The van der Waals surface area contributed by atoms with Crippen LogP contribution in [0.25, 0.3) is 0 Å². The summed E-state index contributed by atoms with van der Waals surface area (Å²) in [6.07, 6.45) is 2.58. The number of hydrogen-bond acceptors (Lipinski definition) is 3. The highest BCUT2D eigenvalue weighted by Crippen LogP contribution is 2.28. The van der Waals surface area contributed by atoms with Gasteiger partial charge in [0.15, 0.2) is 0 Å². The second-order valence-electron chi connectivity index (χ2n) is 3.70. The molecule has 1 aliphatic rings. The molecule has 14 heavy (non-hydrogen) atoms. The van der Waals surface area contributed by atoms with Gasteiger partial charge < -0.3 is 11.1 Å². The van der Waals surface area contributed by atoms with E-state index in [9.17, 15) is 9.00 Å². The number of rotatable bonds is 5. The lowest BCUT2D eigenvalue weighted by atomic mass is 9.77. The van der Waals surface area contributed by atoms with E-state index in [1.807, 2.05) is 6.92 Å². The first-order valence-corrected chi connectivity index (χ1v) is 6.49. The topological polar surface area (TPSA) is 72.2 Å². The number of nitrogens with one attached hydrogen (secondary N) is 1. The van der Waals surface area contributed by atoms with Gasteiger partial charge in [-0.25, -0.2) is 0 Å². The molecular weight excluding hydrogens is 200 g/mol. The number of carbonyl (C=O) groups excluding carboxylic acids is 1. The number of hydrogen-bond donors (Lipinski definition) is 2. The smallest absolute Gasteiger partial charge is 0.240 e. The number of carbonyl (C=O) groups is 1. The Kier molecular flexibility index (Phi) is 4.07. The summed E-state index contributed by atoms with van der Waals surface area (Å²) in [5, 5.41) is 2.73. The lowest BCUT2D eigenvalue weighted by Crippen LogP contribution is -2.58. The van der Waals surface area contributed by atoms with Crippen molar-refractivity contribution < 1.29 is 9.00 Å². The Hall–Kier alpha value is -0.420. The monoisotopic (exact) mass is 218 g/mol. The average Bonchev–Trinajstić information content (AvgIpc) is 2.13. The van der Waals surface area contributed by atoms with Gasteiger partial charge in [0, 0.05) is 28.9 Å². The van der Waals surface area contributed by atoms with Gasteiger partial charge in [-0.3, -0.25) is 9.00 Å². The zero-order valence-electron chi connectivity index (χ0n) is 8.54. The summed E-state index contributed by atoms with van der Waals surface area (Å²) in [6, 6.07) is 0. The van der Waals surface area contributed by atoms with Crippen LogP contribution in [0.15, 0.2) is 0 Å². The van der Waals surface area contributed by atoms with Crippen molar-refractivity contribution in [1.29, 1.82) is 0 Å². The van der Waals surface area contributed by atoms with Crippen LogP contribution in [0.3, 0.4) is 0 Å². The van der Waals surface area contributed by atoms with Gasteiger partial charge in [0.05, 0.1) is 5.54 Å². The van der Waals surface area contributed by atoms with Crippen LogP contribution in [0.5, 0.6) is 0 Å². The first kappa shape index (κ1) is 11.7. The molecule has 0 aromatic heterocycles. The molecular formula is C9H18N2O2S. The summed E-state index contributed by atoms with van der Waals surface area (Å²) in [6.45, 7) is 2.34. The van der Waals surface area contributed by atoms with E-state index in [1.54, 1.807) is 0 Å². The molecule has 1 amide bonds. The fourth-order valence-corrected chi connectivity index (χ4v) is 2.00. The molecule has 1 fully saturated rings. The molecule has 4 nitrogen and oxygen atoms in total. The van der Waals surface area contributed by atoms with Crippen LogP contribution in [0, 0.1) is 0 Å². The molecule has 5 heteroatoms. The molecule has 0 radical (unpaired) electrons. The maximum absolute atomic E-state index is 11.5. The minimum atomic E-state index is -0.810. The average molecular weight is 218 g/mol. The van der Waals surface area contributed by atoms with E-state index in [-0.39, 0.29) is 5.91 Å². The van der Waals surface area contributed by atoms with Gasteiger partial charge in [-0.05, 0) is 19.3 Å². The van der Waals surface area contributed by atoms with Crippen molar-refractivity contribution in [3.63, 3.8) is 0 Å². The summed E-state index contributed by atoms with van der Waals surface area (Å²) in [5.74, 6) is 1.08. The van der Waals surface area contributed by atoms with E-state index in [0.717, 1.165) is 19.3 Å². The number of amides is 1. The molecule has 1 atom stereocenters. The molecule has 0 spiro atoms. The van der Waals surface area contributed by atoms with Crippen LogP contribution >= 0.6 is 0 Å². The largest absolute Gasteiger partial charge is 0.354 e. The molecule has 0 aromatic carbocycles. The molecule has 0 aliphatic heterocycles. The summed E-state index contributed by atoms with van der Waals surface area (Å²) in [7, 11) is -0.810. The van der Waals surface area contributed by atoms with Crippen molar-refractivity contribution in [2.45, 2.75) is 31.7 Å². The van der Waals surface area contributed by atoms with Crippen LogP contribution in [-0.2, 0) is 15.6 Å². The summed E-state index contributed by atoms with van der Waals surface area (Å²) < 4.78 is 11.1. The van der Waals surface area contributed by atoms with Crippen molar-refractivity contribution >= 4 is 16.7 Å². The second-order valence-corrected chi connectivity index (χ2v) is 5.56. The third-order valence-electron chi connectivity index (χ3n) is 2.64. The Morgan fingerprint density at radius 3 is 2.64 bits per heavy atom. The number of nitrogens with two attached hydrogens (primary N) is 1. The predicted molar refractivity (Wildman–Crippen MR) is 57.3 cm³/mol. The van der Waals surface area contributed by atoms with Gasteiger partial charge >= 0.3 is 0 Å². The summed E-state index contributed by atoms with van der Waals surface area (Å²) >= 11 is 0.